The minimum Gasteiger partial charge on any atom is -0.467 e. The minimum absolute atomic E-state index is 0.0239. The van der Waals surface area contributed by atoms with Crippen LogP contribution >= 0.6 is 0 Å². The van der Waals surface area contributed by atoms with Gasteiger partial charge in [0.15, 0.2) is 0 Å². The summed E-state index contributed by atoms with van der Waals surface area (Å²) in [4.78, 5) is 15.1. The average molecular weight is 357 g/mol. The summed E-state index contributed by atoms with van der Waals surface area (Å²) in [7, 11) is 0. The molecule has 1 aliphatic rings. The van der Waals surface area contributed by atoms with E-state index in [1.807, 2.05) is 32.0 Å². The Morgan fingerprint density at radius 3 is 2.96 bits per heavy atom. The molecule has 3 rings (SSSR count). The van der Waals surface area contributed by atoms with Crippen molar-refractivity contribution in [3.05, 3.63) is 47.2 Å². The number of nitrogens with one attached hydrogen (secondary N) is 1. The zero-order chi connectivity index (χ0) is 18.5. The first-order chi connectivity index (χ1) is 12.5. The molecule has 1 aliphatic heterocycles. The van der Waals surface area contributed by atoms with Crippen molar-refractivity contribution in [2.45, 2.75) is 46.6 Å². The van der Waals surface area contributed by atoms with Gasteiger partial charge in [0, 0.05) is 24.5 Å². The number of hydrogen-bond acceptors (Lipinski definition) is 3. The number of carbonyl (C=O) groups is 1. The third-order valence-corrected chi connectivity index (χ3v) is 5.39. The normalized spacial score (nSPS) is 18.2. The Hall–Kier alpha value is -2.01. The van der Waals surface area contributed by atoms with E-state index in [0.717, 1.165) is 48.1 Å². The molecule has 142 valence electrons. The third kappa shape index (κ3) is 4.58. The van der Waals surface area contributed by atoms with Gasteiger partial charge < -0.3 is 19.2 Å². The molecule has 0 spiro atoms. The first-order valence-electron chi connectivity index (χ1n) is 9.74. The number of aromatic nitrogens is 1. The van der Waals surface area contributed by atoms with Crippen molar-refractivity contribution < 1.29 is 9.21 Å². The molecule has 0 saturated carbocycles. The highest BCUT2D eigenvalue weighted by molar-refractivity contribution is 5.95. The van der Waals surface area contributed by atoms with Gasteiger partial charge in [0.05, 0.1) is 18.4 Å². The fourth-order valence-electron chi connectivity index (χ4n) is 3.92. The third-order valence-electron chi connectivity index (χ3n) is 5.39. The molecule has 2 aromatic rings. The van der Waals surface area contributed by atoms with Gasteiger partial charge in [-0.3, -0.25) is 4.79 Å². The molecular formula is C21H31N3O2. The van der Waals surface area contributed by atoms with E-state index in [4.69, 9.17) is 4.42 Å². The lowest BCUT2D eigenvalue weighted by Gasteiger charge is -2.30. The number of amides is 1. The van der Waals surface area contributed by atoms with Crippen molar-refractivity contribution in [2.24, 2.45) is 5.92 Å². The zero-order valence-corrected chi connectivity index (χ0v) is 16.3. The van der Waals surface area contributed by atoms with E-state index in [1.165, 1.54) is 25.9 Å². The van der Waals surface area contributed by atoms with E-state index in [2.05, 4.69) is 21.7 Å². The Labute approximate surface area is 156 Å². The predicted molar refractivity (Wildman–Crippen MR) is 104 cm³/mol. The number of rotatable bonds is 7. The van der Waals surface area contributed by atoms with Crippen molar-refractivity contribution in [3.63, 3.8) is 0 Å². The Morgan fingerprint density at radius 2 is 2.23 bits per heavy atom. The summed E-state index contributed by atoms with van der Waals surface area (Å²) in [5.74, 6) is 1.73. The molecule has 1 amide bonds. The molecule has 1 fully saturated rings. The lowest BCUT2D eigenvalue weighted by atomic mass is 10.0. The number of aryl methyl sites for hydroxylation is 1. The van der Waals surface area contributed by atoms with Crippen LogP contribution in [0.4, 0.5) is 0 Å². The predicted octanol–water partition coefficient (Wildman–Crippen LogP) is 3.60. The quantitative estimate of drug-likeness (QED) is 0.770. The molecule has 5 heteroatoms. The highest BCUT2D eigenvalue weighted by Crippen LogP contribution is 2.18. The second kappa shape index (κ2) is 8.58. The Kier molecular flexibility index (Phi) is 6.20. The van der Waals surface area contributed by atoms with E-state index in [1.54, 1.807) is 6.26 Å². The molecule has 3 heterocycles. The molecule has 1 N–H and O–H groups in total. The summed E-state index contributed by atoms with van der Waals surface area (Å²) in [6.07, 6.45) is 5.33. The SMILES string of the molecule is Cc1cc(C(=O)NCCCN2CCCC(C)C2)c(C)n1Cc1ccco1. The maximum atomic E-state index is 12.6. The summed E-state index contributed by atoms with van der Waals surface area (Å²) in [5, 5.41) is 3.09. The summed E-state index contributed by atoms with van der Waals surface area (Å²) < 4.78 is 7.56. The monoisotopic (exact) mass is 357 g/mol. The maximum absolute atomic E-state index is 12.6. The van der Waals surface area contributed by atoms with Crippen molar-refractivity contribution in [3.8, 4) is 0 Å². The molecule has 0 radical (unpaired) electrons. The van der Waals surface area contributed by atoms with E-state index < -0.39 is 0 Å². The van der Waals surface area contributed by atoms with E-state index >= 15 is 0 Å². The van der Waals surface area contributed by atoms with Crippen molar-refractivity contribution in [2.75, 3.05) is 26.2 Å². The van der Waals surface area contributed by atoms with Crippen LogP contribution < -0.4 is 5.32 Å². The van der Waals surface area contributed by atoms with Crippen LogP contribution in [-0.4, -0.2) is 41.6 Å². The Bertz CT molecular complexity index is 718. The summed E-state index contributed by atoms with van der Waals surface area (Å²) >= 11 is 0. The van der Waals surface area contributed by atoms with E-state index in [0.29, 0.717) is 6.54 Å². The lowest BCUT2D eigenvalue weighted by molar-refractivity contribution is 0.0949. The van der Waals surface area contributed by atoms with Gasteiger partial charge in [-0.2, -0.15) is 0 Å². The largest absolute Gasteiger partial charge is 0.467 e. The molecular weight excluding hydrogens is 326 g/mol. The number of carbonyl (C=O) groups excluding carboxylic acids is 1. The Balaban J connectivity index is 1.50. The molecule has 0 aliphatic carbocycles. The van der Waals surface area contributed by atoms with Crippen molar-refractivity contribution >= 4 is 5.91 Å². The number of likely N-dealkylation sites (tertiary alicyclic amines) is 1. The van der Waals surface area contributed by atoms with E-state index in [-0.39, 0.29) is 5.91 Å². The van der Waals surface area contributed by atoms with Crippen molar-refractivity contribution in [1.82, 2.24) is 14.8 Å². The van der Waals surface area contributed by atoms with Gasteiger partial charge in [0.1, 0.15) is 5.76 Å². The molecule has 5 nitrogen and oxygen atoms in total. The van der Waals surface area contributed by atoms with Gasteiger partial charge in [-0.1, -0.05) is 6.92 Å². The topological polar surface area (TPSA) is 50.4 Å². The molecule has 0 aromatic carbocycles. The molecule has 26 heavy (non-hydrogen) atoms. The van der Waals surface area contributed by atoms with Crippen LogP contribution in [0.3, 0.4) is 0 Å². The highest BCUT2D eigenvalue weighted by Gasteiger charge is 2.17. The number of furan rings is 1. The second-order valence-corrected chi connectivity index (χ2v) is 7.61. The van der Waals surface area contributed by atoms with Crippen LogP contribution in [0, 0.1) is 19.8 Å². The number of hydrogen-bond donors (Lipinski definition) is 1. The first-order valence-corrected chi connectivity index (χ1v) is 9.74. The van der Waals surface area contributed by atoms with Crippen molar-refractivity contribution in [1.29, 1.82) is 0 Å². The smallest absolute Gasteiger partial charge is 0.253 e. The maximum Gasteiger partial charge on any atom is 0.253 e. The molecule has 2 aromatic heterocycles. The average Bonchev–Trinajstić information content (AvgIpc) is 3.22. The highest BCUT2D eigenvalue weighted by atomic mass is 16.3. The number of piperidine rings is 1. The molecule has 1 saturated heterocycles. The minimum atomic E-state index is 0.0239. The zero-order valence-electron chi connectivity index (χ0n) is 16.3. The van der Waals surface area contributed by atoms with Crippen LogP contribution in [-0.2, 0) is 6.54 Å². The Morgan fingerprint density at radius 1 is 1.38 bits per heavy atom. The van der Waals surface area contributed by atoms with E-state index in [9.17, 15) is 4.79 Å². The fourth-order valence-corrected chi connectivity index (χ4v) is 3.92. The number of nitrogens with zero attached hydrogens (tertiary/aromatic N) is 2. The van der Waals surface area contributed by atoms with Gasteiger partial charge in [0.25, 0.3) is 5.91 Å². The molecule has 0 bridgehead atoms. The molecule has 1 unspecified atom stereocenters. The van der Waals surface area contributed by atoms with Crippen LogP contribution in [0.15, 0.2) is 28.9 Å². The fraction of sp³-hybridized carbons (Fsp3) is 0.571. The summed E-state index contributed by atoms with van der Waals surface area (Å²) in [5.41, 5.74) is 2.83. The van der Waals surface area contributed by atoms with Gasteiger partial charge in [-0.25, -0.2) is 0 Å². The van der Waals surface area contributed by atoms with Gasteiger partial charge in [-0.15, -0.1) is 0 Å². The van der Waals surface area contributed by atoms with Crippen LogP contribution in [0.2, 0.25) is 0 Å². The van der Waals surface area contributed by atoms with Crippen LogP contribution in [0.5, 0.6) is 0 Å². The van der Waals surface area contributed by atoms with Gasteiger partial charge in [-0.05, 0) is 70.3 Å². The van der Waals surface area contributed by atoms with Crippen LogP contribution in [0.25, 0.3) is 0 Å². The first kappa shape index (κ1) is 18.8. The molecule has 1 atom stereocenters. The standard InChI is InChI=1S/C21H31N3O2/c1-16-7-4-10-23(14-16)11-6-9-22-21(25)20-13-17(2)24(18(20)3)15-19-8-5-12-26-19/h5,8,12-13,16H,4,6-7,9-11,14-15H2,1-3H3,(H,22,25). The summed E-state index contributed by atoms with van der Waals surface area (Å²) in [6, 6.07) is 5.82. The lowest BCUT2D eigenvalue weighted by Crippen LogP contribution is -2.36. The second-order valence-electron chi connectivity index (χ2n) is 7.61. The van der Waals surface area contributed by atoms with Crippen LogP contribution in [0.1, 0.15) is 53.7 Å². The van der Waals surface area contributed by atoms with Gasteiger partial charge in [0.2, 0.25) is 0 Å². The summed E-state index contributed by atoms with van der Waals surface area (Å²) in [6.45, 7) is 11.2. The van der Waals surface area contributed by atoms with Gasteiger partial charge >= 0.3 is 0 Å².